The summed E-state index contributed by atoms with van der Waals surface area (Å²) in [5, 5.41) is 8.64. The average Bonchev–Trinajstić information content (AvgIpc) is 2.58. The molecule has 0 aromatic heterocycles. The monoisotopic (exact) mass is 373 g/mol. The number of halogens is 1. The highest BCUT2D eigenvalue weighted by atomic mass is 79.9. The van der Waals surface area contributed by atoms with E-state index in [1.54, 1.807) is 0 Å². The molecule has 0 unspecified atom stereocenters. The van der Waals surface area contributed by atoms with Gasteiger partial charge in [-0.3, -0.25) is 0 Å². The normalized spacial score (nSPS) is 18.6. The second-order valence-electron chi connectivity index (χ2n) is 4.87. The zero-order valence-corrected chi connectivity index (χ0v) is 13.7. The second-order valence-corrected chi connectivity index (χ2v) is 8.03. The van der Waals surface area contributed by atoms with Gasteiger partial charge in [0.25, 0.3) is 0 Å². The Labute approximate surface area is 132 Å². The fraction of sp³-hybridized carbons (Fsp3) is 0.357. The largest absolute Gasteiger partial charge is 0.478 e. The number of anilines is 1. The molecule has 1 fully saturated rings. The Morgan fingerprint density at radius 3 is 2.71 bits per heavy atom. The first-order valence-corrected chi connectivity index (χ1v) is 9.15. The van der Waals surface area contributed by atoms with E-state index in [4.69, 9.17) is 5.11 Å². The molecule has 5 nitrogen and oxygen atoms in total. The third-order valence-electron chi connectivity index (χ3n) is 3.31. The summed E-state index contributed by atoms with van der Waals surface area (Å²) in [5.41, 5.74) is 1.70. The number of benzene rings is 1. The van der Waals surface area contributed by atoms with Gasteiger partial charge in [-0.15, -0.1) is 0 Å². The van der Waals surface area contributed by atoms with Crippen LogP contribution in [0.5, 0.6) is 0 Å². The average molecular weight is 374 g/mol. The van der Waals surface area contributed by atoms with E-state index < -0.39 is 15.8 Å². The van der Waals surface area contributed by atoms with Crippen LogP contribution in [0.25, 0.3) is 6.08 Å². The Balaban J connectivity index is 2.18. The molecule has 7 heteroatoms. The number of hydrogen-bond acceptors (Lipinski definition) is 4. The number of rotatable bonds is 3. The highest BCUT2D eigenvalue weighted by molar-refractivity contribution is 9.10. The Morgan fingerprint density at radius 2 is 2.05 bits per heavy atom. The Morgan fingerprint density at radius 1 is 1.29 bits per heavy atom. The standard InChI is InChI=1S/C14H16BrNO4S/c15-13-10-12(4-2-11(13)3-5-14(17)18)16-6-1-8-21(19,20)9-7-16/h2-5,10H,1,6-9H2,(H,17,18)/b5-3+. The van der Waals surface area contributed by atoms with Crippen LogP contribution in [0.15, 0.2) is 28.7 Å². The van der Waals surface area contributed by atoms with Crippen LogP contribution in [-0.2, 0) is 14.6 Å². The highest BCUT2D eigenvalue weighted by Crippen LogP contribution is 2.26. The lowest BCUT2D eigenvalue weighted by atomic mass is 10.1. The lowest BCUT2D eigenvalue weighted by Gasteiger charge is -2.22. The summed E-state index contributed by atoms with van der Waals surface area (Å²) in [6.45, 7) is 1.19. The molecule has 1 aliphatic rings. The van der Waals surface area contributed by atoms with Crippen LogP contribution < -0.4 is 4.90 Å². The van der Waals surface area contributed by atoms with Crippen molar-refractivity contribution in [1.29, 1.82) is 0 Å². The van der Waals surface area contributed by atoms with Gasteiger partial charge in [-0.1, -0.05) is 22.0 Å². The zero-order valence-electron chi connectivity index (χ0n) is 11.3. The number of aliphatic carboxylic acids is 1. The van der Waals surface area contributed by atoms with Crippen molar-refractivity contribution in [3.8, 4) is 0 Å². The maximum absolute atomic E-state index is 11.6. The molecule has 1 heterocycles. The third kappa shape index (κ3) is 4.57. The van der Waals surface area contributed by atoms with Crippen molar-refractivity contribution in [2.45, 2.75) is 6.42 Å². The van der Waals surface area contributed by atoms with Crippen molar-refractivity contribution in [2.75, 3.05) is 29.5 Å². The molecule has 2 rings (SSSR count). The smallest absolute Gasteiger partial charge is 0.328 e. The lowest BCUT2D eigenvalue weighted by Crippen LogP contribution is -2.26. The van der Waals surface area contributed by atoms with E-state index in [-0.39, 0.29) is 11.5 Å². The molecule has 0 atom stereocenters. The molecule has 1 saturated heterocycles. The number of hydrogen-bond donors (Lipinski definition) is 1. The topological polar surface area (TPSA) is 74.7 Å². The Bertz CT molecular complexity index is 670. The lowest BCUT2D eigenvalue weighted by molar-refractivity contribution is -0.131. The molecule has 0 aliphatic carbocycles. The summed E-state index contributed by atoms with van der Waals surface area (Å²) in [7, 11) is -2.93. The molecule has 21 heavy (non-hydrogen) atoms. The molecule has 0 radical (unpaired) electrons. The van der Waals surface area contributed by atoms with E-state index in [2.05, 4.69) is 15.9 Å². The summed E-state index contributed by atoms with van der Waals surface area (Å²) < 4.78 is 24.0. The van der Waals surface area contributed by atoms with E-state index >= 15 is 0 Å². The predicted molar refractivity (Wildman–Crippen MR) is 86.3 cm³/mol. The Hall–Kier alpha value is -1.34. The molecule has 0 spiro atoms. The van der Waals surface area contributed by atoms with Crippen LogP contribution in [0.4, 0.5) is 5.69 Å². The number of carboxylic acids is 1. The highest BCUT2D eigenvalue weighted by Gasteiger charge is 2.19. The van der Waals surface area contributed by atoms with Crippen LogP contribution in [0.2, 0.25) is 0 Å². The van der Waals surface area contributed by atoms with Gasteiger partial charge in [-0.05, 0) is 30.2 Å². The third-order valence-corrected chi connectivity index (χ3v) is 5.71. The van der Waals surface area contributed by atoms with Gasteiger partial charge in [0, 0.05) is 29.3 Å². The minimum atomic E-state index is -2.93. The first kappa shape index (κ1) is 16.0. The molecule has 1 aliphatic heterocycles. The molecule has 1 N–H and O–H groups in total. The molecule has 1 aromatic carbocycles. The van der Waals surface area contributed by atoms with E-state index in [9.17, 15) is 13.2 Å². The van der Waals surface area contributed by atoms with Crippen molar-refractivity contribution in [1.82, 2.24) is 0 Å². The van der Waals surface area contributed by atoms with Crippen LogP contribution in [0.1, 0.15) is 12.0 Å². The number of sulfone groups is 1. The molecular weight excluding hydrogens is 358 g/mol. The van der Waals surface area contributed by atoms with E-state index in [0.717, 1.165) is 21.8 Å². The first-order chi connectivity index (χ1) is 9.87. The van der Waals surface area contributed by atoms with Crippen LogP contribution in [0, 0.1) is 0 Å². The number of carbonyl (C=O) groups is 1. The van der Waals surface area contributed by atoms with Crippen molar-refractivity contribution < 1.29 is 18.3 Å². The van der Waals surface area contributed by atoms with Gasteiger partial charge in [0.2, 0.25) is 0 Å². The fourth-order valence-electron chi connectivity index (χ4n) is 2.21. The van der Waals surface area contributed by atoms with Gasteiger partial charge in [0.15, 0.2) is 9.84 Å². The van der Waals surface area contributed by atoms with Crippen molar-refractivity contribution in [3.05, 3.63) is 34.3 Å². The van der Waals surface area contributed by atoms with Crippen molar-refractivity contribution >= 4 is 43.5 Å². The summed E-state index contributed by atoms with van der Waals surface area (Å²) >= 11 is 3.42. The molecule has 114 valence electrons. The van der Waals surface area contributed by atoms with E-state index in [1.807, 2.05) is 23.1 Å². The van der Waals surface area contributed by atoms with Gasteiger partial charge in [-0.2, -0.15) is 0 Å². The fourth-order valence-corrected chi connectivity index (χ4v) is 3.98. The minimum Gasteiger partial charge on any atom is -0.478 e. The quantitative estimate of drug-likeness (QED) is 0.821. The molecule has 0 saturated carbocycles. The zero-order chi connectivity index (χ0) is 15.5. The first-order valence-electron chi connectivity index (χ1n) is 6.53. The van der Waals surface area contributed by atoms with Gasteiger partial charge >= 0.3 is 5.97 Å². The van der Waals surface area contributed by atoms with Gasteiger partial charge in [-0.25, -0.2) is 13.2 Å². The second kappa shape index (κ2) is 6.62. The van der Waals surface area contributed by atoms with E-state index in [1.165, 1.54) is 6.08 Å². The molecule has 0 bridgehead atoms. The number of carboxylic acid groups (broad SMARTS) is 1. The van der Waals surface area contributed by atoms with Gasteiger partial charge in [0.05, 0.1) is 11.5 Å². The molecule has 0 amide bonds. The van der Waals surface area contributed by atoms with Crippen molar-refractivity contribution in [3.63, 3.8) is 0 Å². The minimum absolute atomic E-state index is 0.172. The summed E-state index contributed by atoms with van der Waals surface area (Å²) in [4.78, 5) is 12.6. The Kier molecular flexibility index (Phi) is 5.05. The summed E-state index contributed by atoms with van der Waals surface area (Å²) in [6, 6.07) is 5.59. The summed E-state index contributed by atoms with van der Waals surface area (Å²) in [6.07, 6.45) is 3.22. The maximum atomic E-state index is 11.6. The van der Waals surface area contributed by atoms with Crippen LogP contribution in [0.3, 0.4) is 0 Å². The number of nitrogens with zero attached hydrogens (tertiary/aromatic N) is 1. The van der Waals surface area contributed by atoms with Crippen LogP contribution >= 0.6 is 15.9 Å². The van der Waals surface area contributed by atoms with Crippen molar-refractivity contribution in [2.24, 2.45) is 0 Å². The van der Waals surface area contributed by atoms with Crippen LogP contribution in [-0.4, -0.2) is 44.1 Å². The summed E-state index contributed by atoms with van der Waals surface area (Å²) in [5.74, 6) is -0.584. The van der Waals surface area contributed by atoms with E-state index in [0.29, 0.717) is 19.5 Å². The van der Waals surface area contributed by atoms with Gasteiger partial charge < -0.3 is 10.0 Å². The SMILES string of the molecule is O=C(O)/C=C/c1ccc(N2CCCS(=O)(=O)CC2)cc1Br. The maximum Gasteiger partial charge on any atom is 0.328 e. The predicted octanol–water partition coefficient (Wildman–Crippen LogP) is 2.17. The molecular formula is C14H16BrNO4S. The van der Waals surface area contributed by atoms with Gasteiger partial charge in [0.1, 0.15) is 0 Å². The molecule has 1 aromatic rings.